The Morgan fingerprint density at radius 1 is 1.67 bits per heavy atom. The fourth-order valence-electron chi connectivity index (χ4n) is 1.51. The van der Waals surface area contributed by atoms with E-state index in [9.17, 15) is 5.11 Å². The minimum atomic E-state index is -0.172. The SMILES string of the molecule is CC1=C[C@@H](O)C[C@@H](C)C1. The summed E-state index contributed by atoms with van der Waals surface area (Å²) in [5.74, 6) is 0.671. The monoisotopic (exact) mass is 126 g/mol. The lowest BCUT2D eigenvalue weighted by Crippen LogP contribution is -2.14. The van der Waals surface area contributed by atoms with Crippen LogP contribution < -0.4 is 0 Å². The molecule has 52 valence electrons. The summed E-state index contributed by atoms with van der Waals surface area (Å²) in [5, 5.41) is 9.17. The van der Waals surface area contributed by atoms with E-state index >= 15 is 0 Å². The summed E-state index contributed by atoms with van der Waals surface area (Å²) in [7, 11) is 0. The molecule has 0 spiro atoms. The van der Waals surface area contributed by atoms with E-state index in [-0.39, 0.29) is 6.10 Å². The van der Waals surface area contributed by atoms with Gasteiger partial charge in [0.1, 0.15) is 0 Å². The molecule has 0 fully saturated rings. The van der Waals surface area contributed by atoms with Crippen LogP contribution >= 0.6 is 0 Å². The predicted octanol–water partition coefficient (Wildman–Crippen LogP) is 1.72. The molecule has 2 atom stereocenters. The lowest BCUT2D eigenvalue weighted by atomic mass is 9.90. The topological polar surface area (TPSA) is 20.2 Å². The zero-order valence-electron chi connectivity index (χ0n) is 6.09. The minimum absolute atomic E-state index is 0.172. The second kappa shape index (κ2) is 2.53. The lowest BCUT2D eigenvalue weighted by Gasteiger charge is -2.20. The summed E-state index contributed by atoms with van der Waals surface area (Å²) in [6, 6.07) is 0. The predicted molar refractivity (Wildman–Crippen MR) is 38.2 cm³/mol. The van der Waals surface area contributed by atoms with Crippen molar-refractivity contribution in [1.82, 2.24) is 0 Å². The van der Waals surface area contributed by atoms with Gasteiger partial charge in [-0.1, -0.05) is 18.6 Å². The number of aliphatic hydroxyl groups excluding tert-OH is 1. The highest BCUT2D eigenvalue weighted by molar-refractivity contribution is 5.06. The number of aliphatic hydroxyl groups is 1. The van der Waals surface area contributed by atoms with E-state index < -0.39 is 0 Å². The van der Waals surface area contributed by atoms with E-state index in [1.165, 1.54) is 5.57 Å². The molecule has 1 aliphatic carbocycles. The number of hydrogen-bond donors (Lipinski definition) is 1. The molecule has 0 aromatic carbocycles. The average molecular weight is 126 g/mol. The van der Waals surface area contributed by atoms with Crippen LogP contribution in [-0.2, 0) is 0 Å². The Hall–Kier alpha value is -0.300. The maximum Gasteiger partial charge on any atom is 0.0726 e. The molecule has 0 heterocycles. The van der Waals surface area contributed by atoms with Gasteiger partial charge in [0.25, 0.3) is 0 Å². The fourth-order valence-corrected chi connectivity index (χ4v) is 1.51. The molecule has 1 N–H and O–H groups in total. The Balaban J connectivity index is 2.56. The number of hydrogen-bond acceptors (Lipinski definition) is 1. The van der Waals surface area contributed by atoms with Crippen LogP contribution in [0.5, 0.6) is 0 Å². The first kappa shape index (κ1) is 6.81. The third kappa shape index (κ3) is 1.83. The van der Waals surface area contributed by atoms with Gasteiger partial charge in [0.2, 0.25) is 0 Å². The lowest BCUT2D eigenvalue weighted by molar-refractivity contribution is 0.180. The first-order valence-corrected chi connectivity index (χ1v) is 3.54. The van der Waals surface area contributed by atoms with Crippen LogP contribution in [0.4, 0.5) is 0 Å². The van der Waals surface area contributed by atoms with Crippen LogP contribution in [0.3, 0.4) is 0 Å². The highest BCUT2D eigenvalue weighted by Gasteiger charge is 2.13. The average Bonchev–Trinajstić information content (AvgIpc) is 1.59. The zero-order chi connectivity index (χ0) is 6.85. The van der Waals surface area contributed by atoms with Gasteiger partial charge in [-0.15, -0.1) is 0 Å². The second-order valence-electron chi connectivity index (χ2n) is 3.13. The molecule has 0 aromatic rings. The molecule has 0 amide bonds. The number of allylic oxidation sites excluding steroid dienone is 1. The van der Waals surface area contributed by atoms with Gasteiger partial charge in [0.05, 0.1) is 6.10 Å². The first-order chi connectivity index (χ1) is 4.18. The molecule has 9 heavy (non-hydrogen) atoms. The molecule has 1 nitrogen and oxygen atoms in total. The summed E-state index contributed by atoms with van der Waals surface area (Å²) in [6.45, 7) is 4.26. The van der Waals surface area contributed by atoms with Crippen LogP contribution in [0, 0.1) is 5.92 Å². The van der Waals surface area contributed by atoms with Crippen LogP contribution in [0.2, 0.25) is 0 Å². The number of rotatable bonds is 0. The Morgan fingerprint density at radius 3 is 2.78 bits per heavy atom. The molecule has 0 aliphatic heterocycles. The van der Waals surface area contributed by atoms with Gasteiger partial charge in [-0.3, -0.25) is 0 Å². The molecule has 1 rings (SSSR count). The first-order valence-electron chi connectivity index (χ1n) is 3.54. The summed E-state index contributed by atoms with van der Waals surface area (Å²) >= 11 is 0. The van der Waals surface area contributed by atoms with Crippen molar-refractivity contribution in [2.75, 3.05) is 0 Å². The van der Waals surface area contributed by atoms with Crippen molar-refractivity contribution in [3.63, 3.8) is 0 Å². The zero-order valence-corrected chi connectivity index (χ0v) is 6.09. The van der Waals surface area contributed by atoms with Crippen molar-refractivity contribution in [3.8, 4) is 0 Å². The van der Waals surface area contributed by atoms with Crippen molar-refractivity contribution in [3.05, 3.63) is 11.6 Å². The fraction of sp³-hybridized carbons (Fsp3) is 0.750. The Bertz CT molecular complexity index is 127. The van der Waals surface area contributed by atoms with Crippen LogP contribution in [0.1, 0.15) is 26.7 Å². The van der Waals surface area contributed by atoms with Gasteiger partial charge in [-0.05, 0) is 25.7 Å². The summed E-state index contributed by atoms with van der Waals surface area (Å²) in [5.41, 5.74) is 1.33. The largest absolute Gasteiger partial charge is 0.389 e. The van der Waals surface area contributed by atoms with Crippen LogP contribution in [0.15, 0.2) is 11.6 Å². The van der Waals surface area contributed by atoms with Crippen LogP contribution in [-0.4, -0.2) is 11.2 Å². The Kier molecular flexibility index (Phi) is 1.91. The van der Waals surface area contributed by atoms with Crippen molar-refractivity contribution in [1.29, 1.82) is 0 Å². The summed E-state index contributed by atoms with van der Waals surface area (Å²) in [6.07, 6.45) is 3.89. The van der Waals surface area contributed by atoms with Gasteiger partial charge in [0, 0.05) is 0 Å². The van der Waals surface area contributed by atoms with E-state index in [4.69, 9.17) is 0 Å². The van der Waals surface area contributed by atoms with Crippen molar-refractivity contribution < 1.29 is 5.11 Å². The molecular formula is C8H14O. The summed E-state index contributed by atoms with van der Waals surface area (Å²) in [4.78, 5) is 0. The molecule has 0 saturated heterocycles. The van der Waals surface area contributed by atoms with E-state index in [0.717, 1.165) is 12.8 Å². The second-order valence-corrected chi connectivity index (χ2v) is 3.13. The maximum absolute atomic E-state index is 9.17. The van der Waals surface area contributed by atoms with E-state index in [2.05, 4.69) is 13.8 Å². The molecular weight excluding hydrogens is 112 g/mol. The molecule has 0 aromatic heterocycles. The van der Waals surface area contributed by atoms with E-state index in [1.54, 1.807) is 0 Å². The van der Waals surface area contributed by atoms with Gasteiger partial charge in [0.15, 0.2) is 0 Å². The third-order valence-electron chi connectivity index (χ3n) is 1.79. The normalized spacial score (nSPS) is 36.1. The standard InChI is InChI=1S/C8H14O/c1-6-3-7(2)5-8(9)4-6/h4,7-9H,3,5H2,1-2H3/t7-,8+/m0/s1. The Labute approximate surface area is 56.4 Å². The third-order valence-corrected chi connectivity index (χ3v) is 1.79. The molecule has 1 aliphatic rings. The van der Waals surface area contributed by atoms with E-state index in [0.29, 0.717) is 5.92 Å². The highest BCUT2D eigenvalue weighted by atomic mass is 16.3. The molecule has 0 bridgehead atoms. The van der Waals surface area contributed by atoms with Crippen molar-refractivity contribution >= 4 is 0 Å². The highest BCUT2D eigenvalue weighted by Crippen LogP contribution is 2.22. The molecule has 0 unspecified atom stereocenters. The molecule has 0 saturated carbocycles. The quantitative estimate of drug-likeness (QED) is 0.490. The van der Waals surface area contributed by atoms with Gasteiger partial charge in [-0.2, -0.15) is 0 Å². The molecule has 0 radical (unpaired) electrons. The van der Waals surface area contributed by atoms with Crippen LogP contribution in [0.25, 0.3) is 0 Å². The van der Waals surface area contributed by atoms with Gasteiger partial charge in [-0.25, -0.2) is 0 Å². The minimum Gasteiger partial charge on any atom is -0.389 e. The smallest absolute Gasteiger partial charge is 0.0726 e. The summed E-state index contributed by atoms with van der Waals surface area (Å²) < 4.78 is 0. The van der Waals surface area contributed by atoms with E-state index in [1.807, 2.05) is 6.08 Å². The van der Waals surface area contributed by atoms with Gasteiger partial charge >= 0.3 is 0 Å². The van der Waals surface area contributed by atoms with Crippen molar-refractivity contribution in [2.24, 2.45) is 5.92 Å². The van der Waals surface area contributed by atoms with Crippen molar-refractivity contribution in [2.45, 2.75) is 32.8 Å². The maximum atomic E-state index is 9.17. The van der Waals surface area contributed by atoms with Gasteiger partial charge < -0.3 is 5.11 Å². The molecule has 1 heteroatoms. The Morgan fingerprint density at radius 2 is 2.33 bits per heavy atom.